The lowest BCUT2D eigenvalue weighted by Gasteiger charge is -2.26. The summed E-state index contributed by atoms with van der Waals surface area (Å²) in [5, 5.41) is 4.29. The molecule has 0 bridgehead atoms. The molecule has 0 saturated carbocycles. The lowest BCUT2D eigenvalue weighted by atomic mass is 10.0. The molecule has 1 fully saturated rings. The summed E-state index contributed by atoms with van der Waals surface area (Å²) in [6.07, 6.45) is 4.27. The third-order valence-electron chi connectivity index (χ3n) is 5.13. The topological polar surface area (TPSA) is 119 Å². The van der Waals surface area contributed by atoms with Gasteiger partial charge in [0.25, 0.3) is 0 Å². The highest BCUT2D eigenvalue weighted by atomic mass is 32.2. The molecule has 4 rings (SSSR count). The van der Waals surface area contributed by atoms with Crippen LogP contribution < -0.4 is 14.8 Å². The van der Waals surface area contributed by atoms with Crippen molar-refractivity contribution in [3.05, 3.63) is 36.8 Å². The highest BCUT2D eigenvalue weighted by molar-refractivity contribution is 7.92. The van der Waals surface area contributed by atoms with E-state index in [-0.39, 0.29) is 11.6 Å². The molecule has 2 aromatic heterocycles. The summed E-state index contributed by atoms with van der Waals surface area (Å²) in [5.41, 5.74) is 2.69. The number of sulfonamides is 1. The second kappa shape index (κ2) is 9.63. The highest BCUT2D eigenvalue weighted by Gasteiger charge is 2.14. The number of anilines is 2. The number of methoxy groups -OCH3 is 1. The number of hydrogen-bond donors (Lipinski definition) is 2. The van der Waals surface area contributed by atoms with Crippen molar-refractivity contribution in [2.45, 2.75) is 0 Å². The molecule has 0 radical (unpaired) electrons. The molecule has 1 saturated heterocycles. The number of hydrogen-bond acceptors (Lipinski definition) is 9. The summed E-state index contributed by atoms with van der Waals surface area (Å²) >= 11 is 0. The first-order valence-electron chi connectivity index (χ1n) is 10.2. The number of ether oxygens (including phenoxy) is 2. The largest absolute Gasteiger partial charge is 0.480 e. The molecule has 0 amide bonds. The standard InChI is InChI=1S/C21H26N6O4S/c1-30-21-19(26-32(2,28)29)12-16(13-23-21)15-3-4-18-17(11-15)20(25-14-24-18)22-5-6-27-7-9-31-10-8-27/h3-4,11-14,26H,5-10H2,1-2H3,(H,22,24,25). The van der Waals surface area contributed by atoms with Crippen LogP contribution >= 0.6 is 0 Å². The Morgan fingerprint density at radius 1 is 1.12 bits per heavy atom. The second-order valence-electron chi connectivity index (χ2n) is 7.49. The van der Waals surface area contributed by atoms with E-state index >= 15 is 0 Å². The van der Waals surface area contributed by atoms with Crippen molar-refractivity contribution in [3.8, 4) is 17.0 Å². The molecule has 0 spiro atoms. The van der Waals surface area contributed by atoms with E-state index in [9.17, 15) is 8.42 Å². The number of aromatic nitrogens is 3. The predicted molar refractivity (Wildman–Crippen MR) is 124 cm³/mol. The fraction of sp³-hybridized carbons (Fsp3) is 0.381. The van der Waals surface area contributed by atoms with Gasteiger partial charge in [-0.3, -0.25) is 9.62 Å². The van der Waals surface area contributed by atoms with Crippen molar-refractivity contribution in [2.24, 2.45) is 0 Å². The second-order valence-corrected chi connectivity index (χ2v) is 9.24. The van der Waals surface area contributed by atoms with E-state index in [1.54, 1.807) is 18.6 Å². The Balaban J connectivity index is 1.60. The van der Waals surface area contributed by atoms with E-state index < -0.39 is 10.0 Å². The SMILES string of the molecule is COc1ncc(-c2ccc3ncnc(NCCN4CCOCC4)c3c2)cc1NS(C)(=O)=O. The fourth-order valence-electron chi connectivity index (χ4n) is 3.58. The molecule has 0 unspecified atom stereocenters. The van der Waals surface area contributed by atoms with Crippen molar-refractivity contribution in [2.75, 3.05) is 62.8 Å². The molecule has 1 aliphatic rings. The quantitative estimate of drug-likeness (QED) is 0.521. The Morgan fingerprint density at radius 2 is 1.94 bits per heavy atom. The van der Waals surface area contributed by atoms with Crippen LogP contribution in [-0.4, -0.2) is 81.0 Å². The van der Waals surface area contributed by atoms with Gasteiger partial charge in [0.2, 0.25) is 15.9 Å². The van der Waals surface area contributed by atoms with Gasteiger partial charge < -0.3 is 14.8 Å². The number of fused-ring (bicyclic) bond motifs is 1. The monoisotopic (exact) mass is 458 g/mol. The minimum atomic E-state index is -3.48. The van der Waals surface area contributed by atoms with Gasteiger partial charge in [0, 0.05) is 43.3 Å². The third kappa shape index (κ3) is 5.42. The van der Waals surface area contributed by atoms with Gasteiger partial charge in [-0.2, -0.15) is 0 Å². The molecule has 0 atom stereocenters. The number of nitrogens with zero attached hydrogens (tertiary/aromatic N) is 4. The molecule has 170 valence electrons. The molecule has 2 N–H and O–H groups in total. The summed E-state index contributed by atoms with van der Waals surface area (Å²) < 4.78 is 36.5. The van der Waals surface area contributed by atoms with Crippen molar-refractivity contribution in [1.82, 2.24) is 19.9 Å². The lowest BCUT2D eigenvalue weighted by molar-refractivity contribution is 0.0398. The van der Waals surface area contributed by atoms with Crippen molar-refractivity contribution in [1.29, 1.82) is 0 Å². The van der Waals surface area contributed by atoms with Crippen LogP contribution in [0, 0.1) is 0 Å². The summed E-state index contributed by atoms with van der Waals surface area (Å²) in [7, 11) is -2.04. The first kappa shape index (κ1) is 22.2. The maximum Gasteiger partial charge on any atom is 0.238 e. The fourth-order valence-corrected chi connectivity index (χ4v) is 4.13. The van der Waals surface area contributed by atoms with Crippen LogP contribution in [0.1, 0.15) is 0 Å². The lowest BCUT2D eigenvalue weighted by Crippen LogP contribution is -2.39. The predicted octanol–water partition coefficient (Wildman–Crippen LogP) is 1.82. The smallest absolute Gasteiger partial charge is 0.238 e. The normalized spacial score (nSPS) is 14.9. The number of nitrogens with one attached hydrogen (secondary N) is 2. The first-order chi connectivity index (χ1) is 15.4. The molecule has 10 nitrogen and oxygen atoms in total. The van der Waals surface area contributed by atoms with Crippen molar-refractivity contribution >= 4 is 32.4 Å². The maximum absolute atomic E-state index is 11.7. The van der Waals surface area contributed by atoms with Gasteiger partial charge in [0.15, 0.2) is 0 Å². The van der Waals surface area contributed by atoms with Gasteiger partial charge in [0.05, 0.1) is 32.1 Å². The van der Waals surface area contributed by atoms with Crippen LogP contribution in [0.3, 0.4) is 0 Å². The highest BCUT2D eigenvalue weighted by Crippen LogP contribution is 2.31. The number of morpholine rings is 1. The van der Waals surface area contributed by atoms with E-state index in [2.05, 4.69) is 29.9 Å². The van der Waals surface area contributed by atoms with Gasteiger partial charge in [0.1, 0.15) is 17.8 Å². The Morgan fingerprint density at radius 3 is 2.69 bits per heavy atom. The first-order valence-corrected chi connectivity index (χ1v) is 12.1. The molecular weight excluding hydrogens is 432 g/mol. The van der Waals surface area contributed by atoms with Gasteiger partial charge in [-0.25, -0.2) is 23.4 Å². The molecule has 1 aromatic carbocycles. The Bertz CT molecular complexity index is 1200. The zero-order valence-electron chi connectivity index (χ0n) is 18.0. The van der Waals surface area contributed by atoms with E-state index in [1.807, 2.05) is 18.2 Å². The number of benzene rings is 1. The summed E-state index contributed by atoms with van der Waals surface area (Å²) in [4.78, 5) is 15.4. The van der Waals surface area contributed by atoms with Crippen molar-refractivity contribution in [3.63, 3.8) is 0 Å². The van der Waals surface area contributed by atoms with Crippen LogP contribution in [0.5, 0.6) is 5.88 Å². The summed E-state index contributed by atoms with van der Waals surface area (Å²) in [5.74, 6) is 0.954. The molecule has 32 heavy (non-hydrogen) atoms. The Hall–Kier alpha value is -3.02. The molecule has 0 aliphatic carbocycles. The van der Waals surface area contributed by atoms with Gasteiger partial charge in [-0.1, -0.05) is 6.07 Å². The molecule has 3 aromatic rings. The zero-order chi connectivity index (χ0) is 22.6. The van der Waals surface area contributed by atoms with Gasteiger partial charge in [-0.15, -0.1) is 0 Å². The average Bonchev–Trinajstić information content (AvgIpc) is 2.78. The van der Waals surface area contributed by atoms with E-state index in [0.717, 1.165) is 73.5 Å². The third-order valence-corrected chi connectivity index (χ3v) is 5.72. The number of rotatable bonds is 8. The zero-order valence-corrected chi connectivity index (χ0v) is 18.9. The van der Waals surface area contributed by atoms with Crippen LogP contribution in [0.4, 0.5) is 11.5 Å². The molecule has 11 heteroatoms. The van der Waals surface area contributed by atoms with Crippen LogP contribution in [0.2, 0.25) is 0 Å². The van der Waals surface area contributed by atoms with E-state index in [4.69, 9.17) is 9.47 Å². The number of pyridine rings is 1. The maximum atomic E-state index is 11.7. The van der Waals surface area contributed by atoms with E-state index in [0.29, 0.717) is 0 Å². The van der Waals surface area contributed by atoms with E-state index in [1.165, 1.54) is 7.11 Å². The minimum absolute atomic E-state index is 0.203. The average molecular weight is 459 g/mol. The minimum Gasteiger partial charge on any atom is -0.480 e. The summed E-state index contributed by atoms with van der Waals surface area (Å²) in [6, 6.07) is 7.50. The van der Waals surface area contributed by atoms with Gasteiger partial charge in [-0.05, 0) is 23.8 Å². The molecule has 1 aliphatic heterocycles. The molecule has 3 heterocycles. The Labute approximate surface area is 187 Å². The summed E-state index contributed by atoms with van der Waals surface area (Å²) in [6.45, 7) is 5.06. The van der Waals surface area contributed by atoms with Crippen LogP contribution in [0.15, 0.2) is 36.8 Å². The van der Waals surface area contributed by atoms with Crippen LogP contribution in [0.25, 0.3) is 22.0 Å². The molecular formula is C21H26N6O4S. The van der Waals surface area contributed by atoms with Gasteiger partial charge >= 0.3 is 0 Å². The Kier molecular flexibility index (Phi) is 6.68. The van der Waals surface area contributed by atoms with Crippen molar-refractivity contribution < 1.29 is 17.9 Å². The van der Waals surface area contributed by atoms with Crippen LogP contribution in [-0.2, 0) is 14.8 Å².